The molecule has 96 valence electrons. The third-order valence-corrected chi connectivity index (χ3v) is 2.42. The van der Waals surface area contributed by atoms with Crippen LogP contribution < -0.4 is 5.63 Å². The number of rotatable bonds is 4. The Bertz CT molecular complexity index is 653. The van der Waals surface area contributed by atoms with Crippen LogP contribution in [-0.4, -0.2) is 10.9 Å². The van der Waals surface area contributed by atoms with Crippen LogP contribution in [0.4, 0.5) is 0 Å². The van der Waals surface area contributed by atoms with Crippen LogP contribution in [0.25, 0.3) is 6.08 Å². The van der Waals surface area contributed by atoms with E-state index in [0.29, 0.717) is 0 Å². The van der Waals surface area contributed by atoms with E-state index >= 15 is 0 Å². The lowest BCUT2D eigenvalue weighted by Gasteiger charge is -1.97. The summed E-state index contributed by atoms with van der Waals surface area (Å²) in [6, 6.07) is 11.6. The molecular weight excluding hydrogens is 244 g/mol. The standard InChI is InChI=1S/C15H12O4/c16-12(7-6-11-4-2-1-3-5-11)8-14-9-13(17)10-15(18)19-14/h1-7,9-10,17H,8H2. The van der Waals surface area contributed by atoms with Gasteiger partial charge in [-0.3, -0.25) is 4.79 Å². The smallest absolute Gasteiger partial charge is 0.339 e. The fourth-order valence-corrected chi connectivity index (χ4v) is 1.59. The molecule has 0 spiro atoms. The van der Waals surface area contributed by atoms with Gasteiger partial charge in [0.15, 0.2) is 5.78 Å². The molecule has 19 heavy (non-hydrogen) atoms. The van der Waals surface area contributed by atoms with Crippen LogP contribution >= 0.6 is 0 Å². The highest BCUT2D eigenvalue weighted by Crippen LogP contribution is 2.09. The molecule has 0 saturated heterocycles. The van der Waals surface area contributed by atoms with Crippen molar-refractivity contribution in [1.82, 2.24) is 0 Å². The van der Waals surface area contributed by atoms with E-state index in [0.717, 1.165) is 11.6 Å². The summed E-state index contributed by atoms with van der Waals surface area (Å²) in [5.41, 5.74) is 0.239. The van der Waals surface area contributed by atoms with Crippen molar-refractivity contribution in [3.63, 3.8) is 0 Å². The second kappa shape index (κ2) is 5.82. The summed E-state index contributed by atoms with van der Waals surface area (Å²) in [4.78, 5) is 22.7. The number of aromatic hydroxyl groups is 1. The summed E-state index contributed by atoms with van der Waals surface area (Å²) in [7, 11) is 0. The zero-order valence-electron chi connectivity index (χ0n) is 10.1. The Balaban J connectivity index is 2.05. The van der Waals surface area contributed by atoms with Gasteiger partial charge in [0.2, 0.25) is 0 Å². The number of hydrogen-bond acceptors (Lipinski definition) is 4. The van der Waals surface area contributed by atoms with Gasteiger partial charge in [-0.25, -0.2) is 4.79 Å². The molecule has 0 radical (unpaired) electrons. The van der Waals surface area contributed by atoms with E-state index in [4.69, 9.17) is 4.42 Å². The number of carbonyl (C=O) groups excluding carboxylic acids is 1. The number of carbonyl (C=O) groups is 1. The van der Waals surface area contributed by atoms with E-state index in [1.807, 2.05) is 30.3 Å². The molecule has 0 unspecified atom stereocenters. The normalized spacial score (nSPS) is 10.7. The van der Waals surface area contributed by atoms with E-state index in [2.05, 4.69) is 0 Å². The third kappa shape index (κ3) is 3.96. The van der Waals surface area contributed by atoms with Crippen LogP contribution in [0.1, 0.15) is 11.3 Å². The molecule has 0 aliphatic rings. The van der Waals surface area contributed by atoms with Gasteiger partial charge in [0, 0.05) is 6.07 Å². The van der Waals surface area contributed by atoms with Crippen molar-refractivity contribution < 1.29 is 14.3 Å². The minimum absolute atomic E-state index is 0.0625. The van der Waals surface area contributed by atoms with Crippen molar-refractivity contribution in [2.75, 3.05) is 0 Å². The average Bonchev–Trinajstić information content (AvgIpc) is 2.36. The number of hydrogen-bond donors (Lipinski definition) is 1. The maximum absolute atomic E-state index is 11.7. The first-order valence-electron chi connectivity index (χ1n) is 5.72. The number of benzene rings is 1. The SMILES string of the molecule is O=C(C=Cc1ccccc1)Cc1cc(O)cc(=O)o1. The molecule has 0 aliphatic carbocycles. The molecule has 4 nitrogen and oxygen atoms in total. The van der Waals surface area contributed by atoms with Gasteiger partial charge < -0.3 is 9.52 Å². The van der Waals surface area contributed by atoms with Gasteiger partial charge >= 0.3 is 5.63 Å². The Morgan fingerprint density at radius 3 is 2.63 bits per heavy atom. The van der Waals surface area contributed by atoms with Gasteiger partial charge in [0.05, 0.1) is 12.5 Å². The maximum Gasteiger partial charge on any atom is 0.339 e. The van der Waals surface area contributed by atoms with E-state index in [-0.39, 0.29) is 23.7 Å². The van der Waals surface area contributed by atoms with Gasteiger partial charge in [-0.15, -0.1) is 0 Å². The average molecular weight is 256 g/mol. The van der Waals surface area contributed by atoms with Crippen molar-refractivity contribution in [2.45, 2.75) is 6.42 Å². The molecule has 0 aliphatic heterocycles. The van der Waals surface area contributed by atoms with Crippen molar-refractivity contribution >= 4 is 11.9 Å². The van der Waals surface area contributed by atoms with E-state index in [1.54, 1.807) is 6.08 Å². The highest BCUT2D eigenvalue weighted by atomic mass is 16.4. The highest BCUT2D eigenvalue weighted by molar-refractivity contribution is 5.94. The molecule has 0 amide bonds. The summed E-state index contributed by atoms with van der Waals surface area (Å²) >= 11 is 0. The lowest BCUT2D eigenvalue weighted by atomic mass is 10.1. The molecule has 0 bridgehead atoms. The zero-order valence-corrected chi connectivity index (χ0v) is 10.1. The predicted octanol–water partition coefficient (Wildman–Crippen LogP) is 2.17. The van der Waals surface area contributed by atoms with Gasteiger partial charge in [-0.1, -0.05) is 36.4 Å². The minimum atomic E-state index is -0.671. The van der Waals surface area contributed by atoms with Crippen LogP contribution in [0, 0.1) is 0 Å². The van der Waals surface area contributed by atoms with Gasteiger partial charge in [-0.2, -0.15) is 0 Å². The molecule has 0 fully saturated rings. The van der Waals surface area contributed by atoms with Crippen molar-refractivity contribution in [1.29, 1.82) is 0 Å². The molecule has 1 N–H and O–H groups in total. The third-order valence-electron chi connectivity index (χ3n) is 2.42. The summed E-state index contributed by atoms with van der Waals surface area (Å²) < 4.78 is 4.81. The van der Waals surface area contributed by atoms with Crippen LogP contribution in [0.2, 0.25) is 0 Å². The molecular formula is C15H12O4. The molecule has 4 heteroatoms. The molecule has 2 rings (SSSR count). The van der Waals surface area contributed by atoms with Crippen molar-refractivity contribution in [2.24, 2.45) is 0 Å². The Morgan fingerprint density at radius 2 is 1.95 bits per heavy atom. The van der Waals surface area contributed by atoms with E-state index in [9.17, 15) is 14.7 Å². The number of ketones is 1. The van der Waals surface area contributed by atoms with Gasteiger partial charge in [0.1, 0.15) is 11.5 Å². The van der Waals surface area contributed by atoms with Crippen LogP contribution in [0.3, 0.4) is 0 Å². The molecule has 1 heterocycles. The predicted molar refractivity (Wildman–Crippen MR) is 70.8 cm³/mol. The van der Waals surface area contributed by atoms with E-state index in [1.165, 1.54) is 12.1 Å². The van der Waals surface area contributed by atoms with Crippen LogP contribution in [-0.2, 0) is 11.2 Å². The first-order valence-corrected chi connectivity index (χ1v) is 5.72. The molecule has 0 saturated carbocycles. The summed E-state index contributed by atoms with van der Waals surface area (Å²) in [5.74, 6) is -0.267. The maximum atomic E-state index is 11.7. The lowest BCUT2D eigenvalue weighted by Crippen LogP contribution is -2.03. The fourth-order valence-electron chi connectivity index (χ4n) is 1.59. The Hall–Kier alpha value is -2.62. The Labute approximate surface area is 109 Å². The summed E-state index contributed by atoms with van der Waals surface area (Å²) in [6.07, 6.45) is 3.04. The van der Waals surface area contributed by atoms with Crippen molar-refractivity contribution in [3.8, 4) is 5.75 Å². The van der Waals surface area contributed by atoms with Gasteiger partial charge in [-0.05, 0) is 11.6 Å². The molecule has 2 aromatic rings. The lowest BCUT2D eigenvalue weighted by molar-refractivity contribution is -0.114. The minimum Gasteiger partial charge on any atom is -0.508 e. The topological polar surface area (TPSA) is 67.5 Å². The summed E-state index contributed by atoms with van der Waals surface area (Å²) in [5, 5.41) is 9.23. The van der Waals surface area contributed by atoms with Crippen LogP contribution in [0.15, 0.2) is 57.8 Å². The number of allylic oxidation sites excluding steroid dienone is 1. The second-order valence-electron chi connectivity index (χ2n) is 3.99. The Morgan fingerprint density at radius 1 is 1.21 bits per heavy atom. The quantitative estimate of drug-likeness (QED) is 0.851. The fraction of sp³-hybridized carbons (Fsp3) is 0.0667. The van der Waals surface area contributed by atoms with Gasteiger partial charge in [0.25, 0.3) is 0 Å². The summed E-state index contributed by atoms with van der Waals surface area (Å²) in [6.45, 7) is 0. The first kappa shape index (κ1) is 12.8. The Kier molecular flexibility index (Phi) is 3.93. The largest absolute Gasteiger partial charge is 0.508 e. The highest BCUT2D eigenvalue weighted by Gasteiger charge is 2.05. The first-order chi connectivity index (χ1) is 9.13. The van der Waals surface area contributed by atoms with Crippen molar-refractivity contribution in [3.05, 3.63) is 70.3 Å². The zero-order chi connectivity index (χ0) is 13.7. The van der Waals surface area contributed by atoms with E-state index < -0.39 is 5.63 Å². The molecule has 0 atom stereocenters. The molecule has 1 aromatic carbocycles. The molecule has 1 aromatic heterocycles. The van der Waals surface area contributed by atoms with Crippen LogP contribution in [0.5, 0.6) is 5.75 Å². The monoisotopic (exact) mass is 256 g/mol. The second-order valence-corrected chi connectivity index (χ2v) is 3.99.